The van der Waals surface area contributed by atoms with Gasteiger partial charge in [-0.15, -0.1) is 0 Å². The topological polar surface area (TPSA) is 77.8 Å². The molecule has 0 spiro atoms. The van der Waals surface area contributed by atoms with Crippen LogP contribution in [0.15, 0.2) is 34.9 Å². The third-order valence-electron chi connectivity index (χ3n) is 3.44. The van der Waals surface area contributed by atoms with Crippen LogP contribution in [-0.4, -0.2) is 30.8 Å². The summed E-state index contributed by atoms with van der Waals surface area (Å²) in [6.45, 7) is 5.28. The molecule has 1 amide bonds. The summed E-state index contributed by atoms with van der Waals surface area (Å²) in [6.07, 6.45) is 1.98. The number of methoxy groups -OCH3 is 1. The number of fused-ring (bicyclic) bond motifs is 1. The zero-order valence-corrected chi connectivity index (χ0v) is 14.4. The van der Waals surface area contributed by atoms with Gasteiger partial charge in [-0.2, -0.15) is 0 Å². The van der Waals surface area contributed by atoms with Crippen LogP contribution in [0, 0.1) is 0 Å². The van der Waals surface area contributed by atoms with Gasteiger partial charge in [-0.05, 0) is 45.2 Å². The predicted octanol–water partition coefficient (Wildman–Crippen LogP) is 3.43. The summed E-state index contributed by atoms with van der Waals surface area (Å²) < 4.78 is 15.4. The molecule has 2 rings (SSSR count). The minimum atomic E-state index is -0.779. The number of nitrogens with one attached hydrogen (secondary N) is 1. The molecule has 0 radical (unpaired) electrons. The maximum Gasteiger partial charge on any atom is 0.408 e. The molecule has 0 aliphatic carbocycles. The average molecular weight is 333 g/mol. The second kappa shape index (κ2) is 7.38. The zero-order valence-electron chi connectivity index (χ0n) is 14.4. The zero-order chi connectivity index (χ0) is 17.7. The molecule has 0 saturated heterocycles. The van der Waals surface area contributed by atoms with Gasteiger partial charge in [0.15, 0.2) is 0 Å². The number of para-hydroxylation sites is 1. The molecule has 24 heavy (non-hydrogen) atoms. The summed E-state index contributed by atoms with van der Waals surface area (Å²) >= 11 is 0. The summed E-state index contributed by atoms with van der Waals surface area (Å²) in [5, 5.41) is 3.57. The smallest absolute Gasteiger partial charge is 0.408 e. The molecule has 1 aromatic carbocycles. The summed E-state index contributed by atoms with van der Waals surface area (Å²) in [4.78, 5) is 23.8. The van der Waals surface area contributed by atoms with Gasteiger partial charge >= 0.3 is 12.1 Å². The fraction of sp³-hybridized carbons (Fsp3) is 0.444. The van der Waals surface area contributed by atoms with Crippen LogP contribution >= 0.6 is 0 Å². The number of amides is 1. The minimum Gasteiger partial charge on any atom is -0.467 e. The van der Waals surface area contributed by atoms with Crippen molar-refractivity contribution < 1.29 is 23.5 Å². The molecule has 0 fully saturated rings. The van der Waals surface area contributed by atoms with E-state index in [2.05, 4.69) is 5.32 Å². The van der Waals surface area contributed by atoms with Crippen LogP contribution in [0.25, 0.3) is 11.0 Å². The van der Waals surface area contributed by atoms with Crippen molar-refractivity contribution in [3.63, 3.8) is 0 Å². The number of alkyl carbamates (subject to hydrolysis) is 1. The molecule has 6 heteroatoms. The Morgan fingerprint density at radius 1 is 1.25 bits per heavy atom. The summed E-state index contributed by atoms with van der Waals surface area (Å²) in [5.74, 6) is -0.506. The fourth-order valence-corrected chi connectivity index (χ4v) is 2.37. The summed E-state index contributed by atoms with van der Waals surface area (Å²) in [6, 6.07) is 6.89. The Bertz CT molecular complexity index is 714. The van der Waals surface area contributed by atoms with Crippen LogP contribution in [-0.2, 0) is 20.7 Å². The van der Waals surface area contributed by atoms with Crippen molar-refractivity contribution in [1.29, 1.82) is 0 Å². The number of carbonyl (C=O) groups excluding carboxylic acids is 2. The van der Waals surface area contributed by atoms with Crippen molar-refractivity contribution in [2.24, 2.45) is 0 Å². The molecule has 1 atom stereocenters. The Morgan fingerprint density at radius 2 is 1.96 bits per heavy atom. The maximum atomic E-state index is 11.9. The monoisotopic (exact) mass is 333 g/mol. The van der Waals surface area contributed by atoms with Crippen LogP contribution in [0.3, 0.4) is 0 Å². The SMILES string of the molecule is COC(=O)[C@H](CCc1coc2ccccc12)NC(=O)OC(C)(C)C. The molecule has 0 saturated carbocycles. The highest BCUT2D eigenvalue weighted by Gasteiger charge is 2.25. The first-order valence-corrected chi connectivity index (χ1v) is 7.82. The number of esters is 1. The number of rotatable bonds is 5. The van der Waals surface area contributed by atoms with E-state index in [1.54, 1.807) is 27.0 Å². The standard InChI is InChI=1S/C18H23NO5/c1-18(2,3)24-17(21)19-14(16(20)22-4)10-9-12-11-23-15-8-6-5-7-13(12)15/h5-8,11,14H,9-10H2,1-4H3,(H,19,21)/t14-/m0/s1. The average Bonchev–Trinajstić information content (AvgIpc) is 2.92. The molecular formula is C18H23NO5. The first-order valence-electron chi connectivity index (χ1n) is 7.82. The van der Waals surface area contributed by atoms with Gasteiger partial charge in [0.25, 0.3) is 0 Å². The largest absolute Gasteiger partial charge is 0.467 e. The summed E-state index contributed by atoms with van der Waals surface area (Å²) in [5.41, 5.74) is 1.14. The van der Waals surface area contributed by atoms with Crippen LogP contribution in [0.1, 0.15) is 32.8 Å². The number of benzene rings is 1. The van der Waals surface area contributed by atoms with Gasteiger partial charge in [0.1, 0.15) is 17.2 Å². The van der Waals surface area contributed by atoms with Crippen LogP contribution in [0.2, 0.25) is 0 Å². The Morgan fingerprint density at radius 3 is 2.62 bits per heavy atom. The Balaban J connectivity index is 2.04. The molecule has 1 aromatic heterocycles. The molecule has 2 aromatic rings. The molecule has 0 aliphatic heterocycles. The van der Waals surface area contributed by atoms with E-state index in [-0.39, 0.29) is 0 Å². The van der Waals surface area contributed by atoms with Crippen molar-refractivity contribution >= 4 is 23.0 Å². The van der Waals surface area contributed by atoms with Gasteiger partial charge < -0.3 is 19.2 Å². The second-order valence-corrected chi connectivity index (χ2v) is 6.52. The van der Waals surface area contributed by atoms with Crippen LogP contribution in [0.5, 0.6) is 0 Å². The lowest BCUT2D eigenvalue weighted by Gasteiger charge is -2.22. The van der Waals surface area contributed by atoms with E-state index < -0.39 is 23.7 Å². The van der Waals surface area contributed by atoms with E-state index in [1.807, 2.05) is 24.3 Å². The molecule has 6 nitrogen and oxygen atoms in total. The van der Waals surface area contributed by atoms with Gasteiger partial charge in [0, 0.05) is 5.39 Å². The lowest BCUT2D eigenvalue weighted by Crippen LogP contribution is -2.44. The molecule has 0 bridgehead atoms. The number of carbonyl (C=O) groups is 2. The van der Waals surface area contributed by atoms with Crippen molar-refractivity contribution in [2.75, 3.05) is 7.11 Å². The maximum absolute atomic E-state index is 11.9. The number of hydrogen-bond acceptors (Lipinski definition) is 5. The van der Waals surface area contributed by atoms with Gasteiger partial charge in [0.2, 0.25) is 0 Å². The van der Waals surface area contributed by atoms with E-state index in [0.717, 1.165) is 16.5 Å². The first kappa shape index (κ1) is 17.8. The van der Waals surface area contributed by atoms with Crippen molar-refractivity contribution in [1.82, 2.24) is 5.32 Å². The normalized spacial score (nSPS) is 12.7. The van der Waals surface area contributed by atoms with Gasteiger partial charge in [-0.3, -0.25) is 0 Å². The second-order valence-electron chi connectivity index (χ2n) is 6.52. The lowest BCUT2D eigenvalue weighted by atomic mass is 10.0. The third kappa shape index (κ3) is 4.75. The Hall–Kier alpha value is -2.50. The minimum absolute atomic E-state index is 0.384. The number of hydrogen-bond donors (Lipinski definition) is 1. The molecule has 0 unspecified atom stereocenters. The molecule has 1 heterocycles. The van der Waals surface area contributed by atoms with E-state index in [9.17, 15) is 9.59 Å². The van der Waals surface area contributed by atoms with Crippen LogP contribution in [0.4, 0.5) is 4.79 Å². The lowest BCUT2D eigenvalue weighted by molar-refractivity contribution is -0.143. The van der Waals surface area contributed by atoms with E-state index >= 15 is 0 Å². The van der Waals surface area contributed by atoms with Gasteiger partial charge in [0.05, 0.1) is 13.4 Å². The number of furan rings is 1. The van der Waals surface area contributed by atoms with E-state index in [4.69, 9.17) is 13.9 Å². The molecule has 1 N–H and O–H groups in total. The molecule has 130 valence electrons. The summed E-state index contributed by atoms with van der Waals surface area (Å²) in [7, 11) is 1.29. The third-order valence-corrected chi connectivity index (χ3v) is 3.44. The van der Waals surface area contributed by atoms with E-state index in [0.29, 0.717) is 12.8 Å². The quantitative estimate of drug-likeness (QED) is 0.848. The van der Waals surface area contributed by atoms with Gasteiger partial charge in [-0.1, -0.05) is 18.2 Å². The predicted molar refractivity (Wildman–Crippen MR) is 89.7 cm³/mol. The van der Waals surface area contributed by atoms with Crippen molar-refractivity contribution in [2.45, 2.75) is 45.3 Å². The Labute approximate surface area is 141 Å². The van der Waals surface area contributed by atoms with Crippen molar-refractivity contribution in [3.05, 3.63) is 36.1 Å². The molecular weight excluding hydrogens is 310 g/mol. The first-order chi connectivity index (χ1) is 11.3. The van der Waals surface area contributed by atoms with E-state index in [1.165, 1.54) is 7.11 Å². The fourth-order valence-electron chi connectivity index (χ4n) is 2.37. The van der Waals surface area contributed by atoms with Crippen LogP contribution < -0.4 is 5.32 Å². The highest BCUT2D eigenvalue weighted by molar-refractivity contribution is 5.82. The highest BCUT2D eigenvalue weighted by Crippen LogP contribution is 2.22. The number of aryl methyl sites for hydroxylation is 1. The van der Waals surface area contributed by atoms with Crippen molar-refractivity contribution in [3.8, 4) is 0 Å². The molecule has 0 aliphatic rings. The Kier molecular flexibility index (Phi) is 5.49. The van der Waals surface area contributed by atoms with Gasteiger partial charge in [-0.25, -0.2) is 9.59 Å². The number of ether oxygens (including phenoxy) is 2. The highest BCUT2D eigenvalue weighted by atomic mass is 16.6.